The zero-order valence-electron chi connectivity index (χ0n) is 11.2. The highest BCUT2D eigenvalue weighted by Gasteiger charge is 2.26. The summed E-state index contributed by atoms with van der Waals surface area (Å²) in [6, 6.07) is 6.94. The minimum Gasteiger partial charge on any atom is -0.497 e. The first kappa shape index (κ1) is 13.9. The predicted octanol–water partition coefficient (Wildman–Crippen LogP) is 2.20. The number of hydrogen-bond donors (Lipinski definition) is 1. The lowest BCUT2D eigenvalue weighted by atomic mass is 10.1. The summed E-state index contributed by atoms with van der Waals surface area (Å²) in [6.45, 7) is 0. The van der Waals surface area contributed by atoms with Crippen molar-refractivity contribution in [1.82, 2.24) is 0 Å². The molecule has 106 valence electrons. The van der Waals surface area contributed by atoms with E-state index in [1.807, 2.05) is 24.3 Å². The molecule has 0 fully saturated rings. The highest BCUT2D eigenvalue weighted by molar-refractivity contribution is 5.70. The Bertz CT molecular complexity index is 502. The van der Waals surface area contributed by atoms with Crippen molar-refractivity contribution in [3.63, 3.8) is 0 Å². The molecule has 0 saturated heterocycles. The zero-order valence-corrected chi connectivity index (χ0v) is 11.2. The number of nitrogens with zero attached hydrogens (tertiary/aromatic N) is 4. The molecule has 2 rings (SSSR count). The van der Waals surface area contributed by atoms with E-state index < -0.39 is 6.17 Å². The lowest BCUT2D eigenvalue weighted by Crippen LogP contribution is -2.33. The van der Waals surface area contributed by atoms with Crippen LogP contribution in [-0.2, 0) is 9.53 Å². The average molecular weight is 277 g/mol. The molecule has 0 aromatic heterocycles. The number of ether oxygens (including phenoxy) is 2. The summed E-state index contributed by atoms with van der Waals surface area (Å²) in [5, 5.41) is 17.8. The van der Waals surface area contributed by atoms with E-state index in [9.17, 15) is 4.79 Å². The van der Waals surface area contributed by atoms with Crippen molar-refractivity contribution in [1.29, 1.82) is 0 Å². The van der Waals surface area contributed by atoms with Gasteiger partial charge in [-0.05, 0) is 34.7 Å². The third-order valence-corrected chi connectivity index (χ3v) is 2.80. The fraction of sp³-hybridized carbons (Fsp3) is 0.417. The van der Waals surface area contributed by atoms with Crippen LogP contribution in [0.5, 0.6) is 5.75 Å². The van der Waals surface area contributed by atoms with Crippen LogP contribution in [0.3, 0.4) is 0 Å². The van der Waals surface area contributed by atoms with Crippen molar-refractivity contribution < 1.29 is 14.3 Å². The molecule has 1 atom stereocenters. The fourth-order valence-electron chi connectivity index (χ4n) is 1.73. The predicted molar refractivity (Wildman–Crippen MR) is 70.5 cm³/mol. The number of carbonyl (C=O) groups excluding carboxylic acids is 1. The van der Waals surface area contributed by atoms with Crippen LogP contribution in [-0.4, -0.2) is 32.4 Å². The van der Waals surface area contributed by atoms with Gasteiger partial charge in [0.1, 0.15) is 5.75 Å². The first-order valence-corrected chi connectivity index (χ1v) is 6.00. The quantitative estimate of drug-likeness (QED) is 0.806. The van der Waals surface area contributed by atoms with Crippen molar-refractivity contribution in [3.8, 4) is 5.75 Å². The van der Waals surface area contributed by atoms with Crippen LogP contribution in [0.4, 0.5) is 5.69 Å². The maximum absolute atomic E-state index is 11.4. The highest BCUT2D eigenvalue weighted by Crippen LogP contribution is 2.20. The van der Waals surface area contributed by atoms with Gasteiger partial charge in [0.2, 0.25) is 6.17 Å². The van der Waals surface area contributed by atoms with Crippen LogP contribution in [0.25, 0.3) is 0 Å². The molecule has 0 saturated carbocycles. The summed E-state index contributed by atoms with van der Waals surface area (Å²) in [7, 11) is 2.94. The molecule has 8 heteroatoms. The Kier molecular flexibility index (Phi) is 4.59. The molecule has 0 bridgehead atoms. The van der Waals surface area contributed by atoms with Gasteiger partial charge in [0, 0.05) is 5.69 Å². The van der Waals surface area contributed by atoms with Crippen molar-refractivity contribution in [2.75, 3.05) is 19.5 Å². The zero-order chi connectivity index (χ0) is 14.4. The molecule has 1 aliphatic heterocycles. The Balaban J connectivity index is 2.07. The van der Waals surface area contributed by atoms with E-state index in [-0.39, 0.29) is 18.4 Å². The minimum atomic E-state index is -0.531. The van der Waals surface area contributed by atoms with E-state index in [1.165, 1.54) is 7.11 Å². The van der Waals surface area contributed by atoms with Gasteiger partial charge >= 0.3 is 5.97 Å². The Morgan fingerprint density at radius 1 is 1.25 bits per heavy atom. The standard InChI is InChI=1S/C12H15N5O3/c1-19-9-5-3-8(4-6-9)13-10(7-11(18)20-2)12-14-16-17-15-12/h3-6,10,12-13H,7H2,1-2H3/t10-/m0/s1. The summed E-state index contributed by atoms with van der Waals surface area (Å²) in [5.74, 6) is 0.397. The first-order valence-electron chi connectivity index (χ1n) is 6.00. The van der Waals surface area contributed by atoms with Crippen molar-refractivity contribution in [2.24, 2.45) is 20.7 Å². The summed E-state index contributed by atoms with van der Waals surface area (Å²) in [4.78, 5) is 11.4. The van der Waals surface area contributed by atoms with Crippen molar-refractivity contribution in [3.05, 3.63) is 24.3 Å². The SMILES string of the molecule is COC(=O)C[C@H](Nc1ccc(OC)cc1)C1N=NN=N1. The number of methoxy groups -OCH3 is 2. The molecular weight excluding hydrogens is 262 g/mol. The molecule has 1 aromatic rings. The number of benzene rings is 1. The first-order chi connectivity index (χ1) is 9.72. The second-order valence-corrected chi connectivity index (χ2v) is 4.08. The summed E-state index contributed by atoms with van der Waals surface area (Å²) >= 11 is 0. The van der Waals surface area contributed by atoms with Gasteiger partial charge in [0.15, 0.2) is 0 Å². The average Bonchev–Trinajstić information content (AvgIpc) is 3.01. The molecule has 0 radical (unpaired) electrons. The Hall–Kier alpha value is -2.51. The molecule has 1 heterocycles. The van der Waals surface area contributed by atoms with Crippen molar-refractivity contribution >= 4 is 11.7 Å². The molecule has 0 spiro atoms. The van der Waals surface area contributed by atoms with E-state index in [0.29, 0.717) is 0 Å². The van der Waals surface area contributed by atoms with E-state index in [4.69, 9.17) is 4.74 Å². The fourth-order valence-corrected chi connectivity index (χ4v) is 1.73. The molecule has 0 amide bonds. The number of esters is 1. The van der Waals surface area contributed by atoms with Crippen LogP contribution < -0.4 is 10.1 Å². The second-order valence-electron chi connectivity index (χ2n) is 4.08. The van der Waals surface area contributed by atoms with Gasteiger partial charge in [0.25, 0.3) is 0 Å². The second kappa shape index (κ2) is 6.60. The smallest absolute Gasteiger partial charge is 0.307 e. The van der Waals surface area contributed by atoms with E-state index in [0.717, 1.165) is 11.4 Å². The van der Waals surface area contributed by atoms with Crippen LogP contribution in [0.2, 0.25) is 0 Å². The van der Waals surface area contributed by atoms with E-state index in [2.05, 4.69) is 30.7 Å². The third-order valence-electron chi connectivity index (χ3n) is 2.80. The molecule has 8 nitrogen and oxygen atoms in total. The summed E-state index contributed by atoms with van der Waals surface area (Å²) in [6.07, 6.45) is -0.415. The Morgan fingerprint density at radius 2 is 1.90 bits per heavy atom. The van der Waals surface area contributed by atoms with Gasteiger partial charge in [0.05, 0.1) is 26.7 Å². The monoisotopic (exact) mass is 277 g/mol. The largest absolute Gasteiger partial charge is 0.497 e. The van der Waals surface area contributed by atoms with Gasteiger partial charge in [-0.25, -0.2) is 0 Å². The molecule has 0 aliphatic carbocycles. The molecule has 1 N–H and O–H groups in total. The third kappa shape index (κ3) is 3.50. The lowest BCUT2D eigenvalue weighted by molar-refractivity contribution is -0.140. The lowest BCUT2D eigenvalue weighted by Gasteiger charge is -2.19. The number of anilines is 1. The van der Waals surface area contributed by atoms with Gasteiger partial charge in [-0.2, -0.15) is 0 Å². The van der Waals surface area contributed by atoms with Gasteiger partial charge in [-0.15, -0.1) is 10.2 Å². The Morgan fingerprint density at radius 3 is 2.45 bits per heavy atom. The Labute approximate surface area is 115 Å². The normalized spacial score (nSPS) is 15.1. The highest BCUT2D eigenvalue weighted by atomic mass is 16.5. The van der Waals surface area contributed by atoms with Gasteiger partial charge < -0.3 is 14.8 Å². The molecular formula is C12H15N5O3. The summed E-state index contributed by atoms with van der Waals surface area (Å²) in [5.41, 5.74) is 0.817. The maximum Gasteiger partial charge on any atom is 0.307 e. The number of rotatable bonds is 6. The number of hydrogen-bond acceptors (Lipinski definition) is 8. The van der Waals surface area contributed by atoms with Crippen LogP contribution >= 0.6 is 0 Å². The van der Waals surface area contributed by atoms with Crippen LogP contribution in [0.1, 0.15) is 6.42 Å². The topological polar surface area (TPSA) is 97.0 Å². The molecule has 20 heavy (non-hydrogen) atoms. The maximum atomic E-state index is 11.4. The molecule has 1 aromatic carbocycles. The van der Waals surface area contributed by atoms with Gasteiger partial charge in [-0.1, -0.05) is 0 Å². The molecule has 1 aliphatic rings. The minimum absolute atomic E-state index is 0.116. The number of carbonyl (C=O) groups is 1. The van der Waals surface area contributed by atoms with Gasteiger partial charge in [-0.3, -0.25) is 4.79 Å². The number of nitrogens with one attached hydrogen (secondary N) is 1. The van der Waals surface area contributed by atoms with Crippen LogP contribution in [0, 0.1) is 0 Å². The molecule has 0 unspecified atom stereocenters. The van der Waals surface area contributed by atoms with E-state index >= 15 is 0 Å². The summed E-state index contributed by atoms with van der Waals surface area (Å²) < 4.78 is 9.76. The van der Waals surface area contributed by atoms with Crippen molar-refractivity contribution in [2.45, 2.75) is 18.6 Å². The van der Waals surface area contributed by atoms with E-state index in [1.54, 1.807) is 7.11 Å². The van der Waals surface area contributed by atoms with Crippen LogP contribution in [0.15, 0.2) is 44.9 Å².